The number of carbonyl (C=O) groups is 2. The highest BCUT2D eigenvalue weighted by Crippen LogP contribution is 2.35. The molecule has 0 radical (unpaired) electrons. The van der Waals surface area contributed by atoms with Gasteiger partial charge in [0, 0.05) is 28.9 Å². The van der Waals surface area contributed by atoms with E-state index in [1.807, 2.05) is 20.8 Å². The Morgan fingerprint density at radius 2 is 2.04 bits per heavy atom. The smallest absolute Gasteiger partial charge is 0.410 e. The number of hydrogen-bond donors (Lipinski definition) is 1. The molecule has 6 nitrogen and oxygen atoms in total. The summed E-state index contributed by atoms with van der Waals surface area (Å²) in [5.41, 5.74) is 0.705. The Bertz CT molecular complexity index is 919. The number of nitrogens with one attached hydrogen (secondary N) is 1. The molecule has 3 rings (SSSR count). The second-order valence-corrected chi connectivity index (χ2v) is 8.84. The van der Waals surface area contributed by atoms with Crippen LogP contribution in [0.5, 0.6) is 0 Å². The second-order valence-electron chi connectivity index (χ2n) is 7.99. The number of rotatable bonds is 2. The van der Waals surface area contributed by atoms with E-state index in [0.29, 0.717) is 34.2 Å². The lowest BCUT2D eigenvalue weighted by Crippen LogP contribution is -2.42. The van der Waals surface area contributed by atoms with E-state index in [1.54, 1.807) is 11.0 Å². The number of nitrogens with zero attached hydrogens (tertiary/aromatic N) is 1. The molecule has 0 spiro atoms. The van der Waals surface area contributed by atoms with Crippen molar-refractivity contribution in [2.24, 2.45) is 0 Å². The first kappa shape index (κ1) is 20.6. The van der Waals surface area contributed by atoms with Crippen molar-refractivity contribution >= 4 is 38.9 Å². The van der Waals surface area contributed by atoms with E-state index in [0.717, 1.165) is 12.8 Å². The van der Waals surface area contributed by atoms with Crippen LogP contribution in [-0.4, -0.2) is 47.7 Å². The van der Waals surface area contributed by atoms with Gasteiger partial charge in [0.05, 0.1) is 23.9 Å². The number of aromatic amines is 1. The van der Waals surface area contributed by atoms with Gasteiger partial charge in [0.1, 0.15) is 5.60 Å². The monoisotopic (exact) mass is 454 g/mol. The number of aromatic nitrogens is 1. The fraction of sp³-hybridized carbons (Fsp3) is 0.500. The number of fused-ring (bicyclic) bond motifs is 1. The fourth-order valence-electron chi connectivity index (χ4n) is 3.46. The number of piperidine rings is 1. The van der Waals surface area contributed by atoms with Crippen molar-refractivity contribution in [3.05, 3.63) is 33.7 Å². The molecule has 1 aromatic heterocycles. The maximum Gasteiger partial charge on any atom is 0.410 e. The normalized spacial score (nSPS) is 17.6. The van der Waals surface area contributed by atoms with Crippen LogP contribution >= 0.6 is 15.9 Å². The lowest BCUT2D eigenvalue weighted by molar-refractivity contribution is 0.0196. The zero-order valence-corrected chi connectivity index (χ0v) is 18.0. The molecule has 1 fully saturated rings. The third-order valence-electron chi connectivity index (χ3n) is 4.73. The van der Waals surface area contributed by atoms with Gasteiger partial charge >= 0.3 is 12.1 Å². The first-order chi connectivity index (χ1) is 13.1. The molecular weight excluding hydrogens is 431 g/mol. The standard InChI is InChI=1S/C20H24BrFN2O4/c1-20(2,3)28-19(26)24-7-5-6-11(10-24)16-15(22)13-8-12(18(25)27-4)9-14(21)17(13)23-16/h8-9,11,23H,5-7,10H2,1-4H3. The number of H-pyrrole nitrogens is 1. The number of esters is 1. The van der Waals surface area contributed by atoms with E-state index in [-0.39, 0.29) is 17.6 Å². The van der Waals surface area contributed by atoms with Gasteiger partial charge in [-0.2, -0.15) is 0 Å². The van der Waals surface area contributed by atoms with Gasteiger partial charge in [0.2, 0.25) is 0 Å². The Hall–Kier alpha value is -2.09. The number of benzene rings is 1. The Kier molecular flexibility index (Phi) is 5.70. The van der Waals surface area contributed by atoms with Crippen LogP contribution < -0.4 is 0 Å². The zero-order chi connectivity index (χ0) is 20.6. The van der Waals surface area contributed by atoms with Crippen molar-refractivity contribution in [2.45, 2.75) is 45.1 Å². The predicted molar refractivity (Wildman–Crippen MR) is 107 cm³/mol. The SMILES string of the molecule is COC(=O)c1cc(Br)c2[nH]c(C3CCCN(C(=O)OC(C)(C)C)C3)c(F)c2c1. The van der Waals surface area contributed by atoms with Gasteiger partial charge in [-0.25, -0.2) is 14.0 Å². The summed E-state index contributed by atoms with van der Waals surface area (Å²) in [4.78, 5) is 29.0. The highest BCUT2D eigenvalue weighted by Gasteiger charge is 2.31. The van der Waals surface area contributed by atoms with E-state index in [9.17, 15) is 9.59 Å². The van der Waals surface area contributed by atoms with Gasteiger partial charge in [-0.3, -0.25) is 0 Å². The second kappa shape index (κ2) is 7.73. The highest BCUT2D eigenvalue weighted by atomic mass is 79.9. The summed E-state index contributed by atoms with van der Waals surface area (Å²) < 4.78 is 26.0. The molecule has 1 saturated heterocycles. The largest absolute Gasteiger partial charge is 0.465 e. The summed E-state index contributed by atoms with van der Waals surface area (Å²) in [5.74, 6) is -1.11. The minimum absolute atomic E-state index is 0.179. The van der Waals surface area contributed by atoms with Crippen LogP contribution in [0.2, 0.25) is 0 Å². The van der Waals surface area contributed by atoms with E-state index in [2.05, 4.69) is 20.9 Å². The van der Waals surface area contributed by atoms with Gasteiger partial charge in [0.25, 0.3) is 0 Å². The van der Waals surface area contributed by atoms with E-state index in [1.165, 1.54) is 13.2 Å². The minimum Gasteiger partial charge on any atom is -0.465 e. The van der Waals surface area contributed by atoms with E-state index in [4.69, 9.17) is 9.47 Å². The highest BCUT2D eigenvalue weighted by molar-refractivity contribution is 9.10. The van der Waals surface area contributed by atoms with Gasteiger partial charge in [-0.05, 0) is 61.7 Å². The quantitative estimate of drug-likeness (QED) is 0.650. The number of hydrogen-bond acceptors (Lipinski definition) is 4. The van der Waals surface area contributed by atoms with E-state index >= 15 is 4.39 Å². The van der Waals surface area contributed by atoms with Crippen LogP contribution in [0.3, 0.4) is 0 Å². The molecular formula is C20H24BrFN2O4. The Labute approximate surface area is 171 Å². The number of carbonyl (C=O) groups excluding carboxylic acids is 2. The summed E-state index contributed by atoms with van der Waals surface area (Å²) in [6.07, 6.45) is 1.13. The molecule has 8 heteroatoms. The lowest BCUT2D eigenvalue weighted by Gasteiger charge is -2.33. The number of halogens is 2. The number of methoxy groups -OCH3 is 1. The average molecular weight is 455 g/mol. The molecule has 28 heavy (non-hydrogen) atoms. The third-order valence-corrected chi connectivity index (χ3v) is 5.35. The molecule has 1 N–H and O–H groups in total. The average Bonchev–Trinajstić information content (AvgIpc) is 2.97. The van der Waals surface area contributed by atoms with Crippen LogP contribution in [0.25, 0.3) is 10.9 Å². The number of amides is 1. The summed E-state index contributed by atoms with van der Waals surface area (Å²) in [7, 11) is 1.28. The summed E-state index contributed by atoms with van der Waals surface area (Å²) >= 11 is 3.39. The maximum absolute atomic E-state index is 15.2. The summed E-state index contributed by atoms with van der Waals surface area (Å²) in [6, 6.07) is 3.08. The molecule has 0 saturated carbocycles. The van der Waals surface area contributed by atoms with Gasteiger partial charge in [0.15, 0.2) is 5.82 Å². The van der Waals surface area contributed by atoms with Crippen molar-refractivity contribution in [3.8, 4) is 0 Å². The van der Waals surface area contributed by atoms with Crippen LogP contribution in [0, 0.1) is 5.82 Å². The molecule has 0 bridgehead atoms. The number of ether oxygens (including phenoxy) is 2. The number of likely N-dealkylation sites (tertiary alicyclic amines) is 1. The Balaban J connectivity index is 1.90. The molecule has 1 aromatic carbocycles. The van der Waals surface area contributed by atoms with Crippen LogP contribution in [0.15, 0.2) is 16.6 Å². The first-order valence-corrected chi connectivity index (χ1v) is 9.97. The first-order valence-electron chi connectivity index (χ1n) is 9.17. The predicted octanol–water partition coefficient (Wildman–Crippen LogP) is 4.97. The van der Waals surface area contributed by atoms with Gasteiger partial charge in [-0.15, -0.1) is 0 Å². The lowest BCUT2D eigenvalue weighted by atomic mass is 9.94. The fourth-order valence-corrected chi connectivity index (χ4v) is 4.02. The molecule has 0 aliphatic carbocycles. The van der Waals surface area contributed by atoms with Crippen LogP contribution in [0.4, 0.5) is 9.18 Å². The van der Waals surface area contributed by atoms with Crippen LogP contribution in [-0.2, 0) is 9.47 Å². The summed E-state index contributed by atoms with van der Waals surface area (Å²) in [6.45, 7) is 6.42. The zero-order valence-electron chi connectivity index (χ0n) is 16.4. The third kappa shape index (κ3) is 4.16. The van der Waals surface area contributed by atoms with E-state index < -0.39 is 17.4 Å². The van der Waals surface area contributed by atoms with Gasteiger partial charge < -0.3 is 19.4 Å². The van der Waals surface area contributed by atoms with Crippen molar-refractivity contribution < 1.29 is 23.5 Å². The Morgan fingerprint density at radius 3 is 2.68 bits per heavy atom. The molecule has 1 aliphatic rings. The Morgan fingerprint density at radius 1 is 1.32 bits per heavy atom. The van der Waals surface area contributed by atoms with Crippen molar-refractivity contribution in [1.82, 2.24) is 9.88 Å². The molecule has 1 amide bonds. The van der Waals surface area contributed by atoms with Crippen molar-refractivity contribution in [3.63, 3.8) is 0 Å². The molecule has 152 valence electrons. The molecule has 1 unspecified atom stereocenters. The summed E-state index contributed by atoms with van der Waals surface area (Å²) in [5, 5.41) is 0.319. The van der Waals surface area contributed by atoms with Crippen molar-refractivity contribution in [1.29, 1.82) is 0 Å². The minimum atomic E-state index is -0.578. The van der Waals surface area contributed by atoms with Crippen molar-refractivity contribution in [2.75, 3.05) is 20.2 Å². The van der Waals surface area contributed by atoms with Gasteiger partial charge in [-0.1, -0.05) is 0 Å². The topological polar surface area (TPSA) is 71.6 Å². The molecule has 2 aromatic rings. The maximum atomic E-state index is 15.2. The molecule has 1 aliphatic heterocycles. The molecule has 1 atom stereocenters. The van der Waals surface area contributed by atoms with Crippen LogP contribution in [0.1, 0.15) is 55.6 Å². The molecule has 2 heterocycles.